The predicted molar refractivity (Wildman–Crippen MR) is 109 cm³/mol. The molecule has 1 aliphatic heterocycles. The van der Waals surface area contributed by atoms with Crippen molar-refractivity contribution >= 4 is 21.6 Å². The second-order valence-electron chi connectivity index (χ2n) is 7.15. The lowest BCUT2D eigenvalue weighted by Gasteiger charge is -2.16. The summed E-state index contributed by atoms with van der Waals surface area (Å²) in [5, 5.41) is 2.78. The van der Waals surface area contributed by atoms with Crippen LogP contribution in [0.15, 0.2) is 53.4 Å². The van der Waals surface area contributed by atoms with E-state index in [0.717, 1.165) is 18.4 Å². The zero-order chi connectivity index (χ0) is 20.1. The SMILES string of the molecule is CC(C)OCc1ccc(C(=O)Nc2cccc(S(=O)(=O)N3CCCC3)c2)cc1. The van der Waals surface area contributed by atoms with Gasteiger partial charge in [-0.05, 0) is 62.6 Å². The van der Waals surface area contributed by atoms with Crippen LogP contribution in [0.4, 0.5) is 5.69 Å². The third-order valence-electron chi connectivity index (χ3n) is 4.59. The molecule has 150 valence electrons. The van der Waals surface area contributed by atoms with Crippen molar-refractivity contribution in [2.75, 3.05) is 18.4 Å². The maximum atomic E-state index is 12.7. The molecule has 28 heavy (non-hydrogen) atoms. The molecule has 2 aromatic carbocycles. The van der Waals surface area contributed by atoms with E-state index in [2.05, 4.69) is 5.32 Å². The summed E-state index contributed by atoms with van der Waals surface area (Å²) in [5.41, 5.74) is 1.95. The lowest BCUT2D eigenvalue weighted by Crippen LogP contribution is -2.27. The number of rotatable bonds is 7. The Morgan fingerprint density at radius 1 is 1.11 bits per heavy atom. The van der Waals surface area contributed by atoms with E-state index in [9.17, 15) is 13.2 Å². The Morgan fingerprint density at radius 2 is 1.79 bits per heavy atom. The van der Waals surface area contributed by atoms with Crippen molar-refractivity contribution in [3.63, 3.8) is 0 Å². The summed E-state index contributed by atoms with van der Waals surface area (Å²) < 4.78 is 32.4. The van der Waals surface area contributed by atoms with Gasteiger partial charge in [0.05, 0.1) is 17.6 Å². The third kappa shape index (κ3) is 4.98. The van der Waals surface area contributed by atoms with Gasteiger partial charge in [0.15, 0.2) is 0 Å². The quantitative estimate of drug-likeness (QED) is 0.767. The number of benzene rings is 2. The van der Waals surface area contributed by atoms with Crippen molar-refractivity contribution < 1.29 is 17.9 Å². The van der Waals surface area contributed by atoms with Crippen LogP contribution in [0.1, 0.15) is 42.6 Å². The molecule has 7 heteroatoms. The van der Waals surface area contributed by atoms with E-state index < -0.39 is 10.0 Å². The average Bonchev–Trinajstić information content (AvgIpc) is 3.22. The van der Waals surface area contributed by atoms with Crippen LogP contribution in [0, 0.1) is 0 Å². The lowest BCUT2D eigenvalue weighted by molar-refractivity contribution is 0.0657. The molecule has 1 N–H and O–H groups in total. The summed E-state index contributed by atoms with van der Waals surface area (Å²) in [6, 6.07) is 13.6. The molecule has 0 aliphatic carbocycles. The number of amides is 1. The highest BCUT2D eigenvalue weighted by atomic mass is 32.2. The first kappa shape index (κ1) is 20.5. The molecule has 0 spiro atoms. The number of nitrogens with zero attached hydrogens (tertiary/aromatic N) is 1. The van der Waals surface area contributed by atoms with Gasteiger partial charge < -0.3 is 10.1 Å². The topological polar surface area (TPSA) is 75.7 Å². The van der Waals surface area contributed by atoms with Gasteiger partial charge in [-0.2, -0.15) is 4.31 Å². The average molecular weight is 403 g/mol. The van der Waals surface area contributed by atoms with Gasteiger partial charge in [0.1, 0.15) is 0 Å². The van der Waals surface area contributed by atoms with E-state index in [1.807, 2.05) is 26.0 Å². The van der Waals surface area contributed by atoms with E-state index in [1.54, 1.807) is 30.3 Å². The summed E-state index contributed by atoms with van der Waals surface area (Å²) >= 11 is 0. The Labute approximate surface area is 166 Å². The number of nitrogens with one attached hydrogen (secondary N) is 1. The molecule has 6 nitrogen and oxygen atoms in total. The molecule has 1 fully saturated rings. The molecule has 0 unspecified atom stereocenters. The second-order valence-corrected chi connectivity index (χ2v) is 9.09. The zero-order valence-corrected chi connectivity index (χ0v) is 17.0. The maximum Gasteiger partial charge on any atom is 0.255 e. The van der Waals surface area contributed by atoms with Crippen LogP contribution < -0.4 is 5.32 Å². The maximum absolute atomic E-state index is 12.7. The molecule has 1 saturated heterocycles. The third-order valence-corrected chi connectivity index (χ3v) is 6.49. The van der Waals surface area contributed by atoms with Gasteiger partial charge >= 0.3 is 0 Å². The van der Waals surface area contributed by atoms with E-state index in [1.165, 1.54) is 10.4 Å². The Kier molecular flexibility index (Phi) is 6.49. The van der Waals surface area contributed by atoms with Gasteiger partial charge in [0.2, 0.25) is 10.0 Å². The molecule has 0 atom stereocenters. The second kappa shape index (κ2) is 8.86. The van der Waals surface area contributed by atoms with Crippen LogP contribution >= 0.6 is 0 Å². The highest BCUT2D eigenvalue weighted by Gasteiger charge is 2.27. The number of anilines is 1. The lowest BCUT2D eigenvalue weighted by atomic mass is 10.1. The van der Waals surface area contributed by atoms with Crippen LogP contribution in [0.3, 0.4) is 0 Å². The highest BCUT2D eigenvalue weighted by Crippen LogP contribution is 2.23. The van der Waals surface area contributed by atoms with Crippen LogP contribution in [-0.2, 0) is 21.4 Å². The summed E-state index contributed by atoms with van der Waals surface area (Å²) in [6.45, 7) is 5.53. The Balaban J connectivity index is 1.69. The predicted octanol–water partition coefficient (Wildman–Crippen LogP) is 3.65. The zero-order valence-electron chi connectivity index (χ0n) is 16.2. The minimum atomic E-state index is -3.51. The number of carbonyl (C=O) groups excluding carboxylic acids is 1. The van der Waals surface area contributed by atoms with Crippen LogP contribution in [-0.4, -0.2) is 37.8 Å². The number of carbonyl (C=O) groups is 1. The molecule has 0 saturated carbocycles. The van der Waals surface area contributed by atoms with Gasteiger partial charge in [-0.25, -0.2) is 8.42 Å². The van der Waals surface area contributed by atoms with Crippen LogP contribution in [0.25, 0.3) is 0 Å². The molecule has 1 aliphatic rings. The molecular weight excluding hydrogens is 376 g/mol. The fourth-order valence-electron chi connectivity index (χ4n) is 3.03. The van der Waals surface area contributed by atoms with Crippen molar-refractivity contribution in [1.82, 2.24) is 4.31 Å². The van der Waals surface area contributed by atoms with Crippen molar-refractivity contribution in [3.05, 3.63) is 59.7 Å². The molecule has 0 radical (unpaired) electrons. The fourth-order valence-corrected chi connectivity index (χ4v) is 4.59. The summed E-state index contributed by atoms with van der Waals surface area (Å²) in [6.07, 6.45) is 1.91. The number of sulfonamides is 1. The first-order valence-electron chi connectivity index (χ1n) is 9.48. The molecule has 3 rings (SSSR count). The fraction of sp³-hybridized carbons (Fsp3) is 0.381. The van der Waals surface area contributed by atoms with E-state index in [-0.39, 0.29) is 16.9 Å². The van der Waals surface area contributed by atoms with Crippen molar-refractivity contribution in [2.24, 2.45) is 0 Å². The van der Waals surface area contributed by atoms with Crippen LogP contribution in [0.2, 0.25) is 0 Å². The molecule has 0 bridgehead atoms. The van der Waals surface area contributed by atoms with E-state index in [0.29, 0.717) is 30.9 Å². The summed E-state index contributed by atoms with van der Waals surface area (Å²) in [4.78, 5) is 12.7. The van der Waals surface area contributed by atoms with Crippen molar-refractivity contribution in [1.29, 1.82) is 0 Å². The van der Waals surface area contributed by atoms with E-state index in [4.69, 9.17) is 4.74 Å². The Bertz CT molecular complexity index is 918. The minimum Gasteiger partial charge on any atom is -0.374 e. The number of hydrogen-bond donors (Lipinski definition) is 1. The highest BCUT2D eigenvalue weighted by molar-refractivity contribution is 7.89. The monoisotopic (exact) mass is 402 g/mol. The molecule has 1 heterocycles. The van der Waals surface area contributed by atoms with Gasteiger partial charge in [0.25, 0.3) is 5.91 Å². The number of ether oxygens (including phenoxy) is 1. The standard InChI is InChI=1S/C21H26N2O4S/c1-16(2)27-15-17-8-10-18(11-9-17)21(24)22-19-6-5-7-20(14-19)28(25,26)23-12-3-4-13-23/h5-11,14,16H,3-4,12-13,15H2,1-2H3,(H,22,24). The van der Waals surface area contributed by atoms with Crippen molar-refractivity contribution in [3.8, 4) is 0 Å². The smallest absolute Gasteiger partial charge is 0.255 e. The molecule has 2 aromatic rings. The largest absolute Gasteiger partial charge is 0.374 e. The first-order valence-corrected chi connectivity index (χ1v) is 10.9. The molecule has 1 amide bonds. The van der Waals surface area contributed by atoms with Crippen LogP contribution in [0.5, 0.6) is 0 Å². The van der Waals surface area contributed by atoms with Crippen molar-refractivity contribution in [2.45, 2.75) is 44.3 Å². The summed E-state index contributed by atoms with van der Waals surface area (Å²) in [5.74, 6) is -0.285. The Morgan fingerprint density at radius 3 is 2.43 bits per heavy atom. The molecule has 0 aromatic heterocycles. The van der Waals surface area contributed by atoms with E-state index >= 15 is 0 Å². The summed E-state index contributed by atoms with van der Waals surface area (Å²) in [7, 11) is -3.51. The normalized spacial score (nSPS) is 15.1. The number of hydrogen-bond acceptors (Lipinski definition) is 4. The first-order chi connectivity index (χ1) is 13.4. The minimum absolute atomic E-state index is 0.145. The van der Waals surface area contributed by atoms with Gasteiger partial charge in [0, 0.05) is 24.3 Å². The molecular formula is C21H26N2O4S. The van der Waals surface area contributed by atoms with Gasteiger partial charge in [-0.3, -0.25) is 4.79 Å². The van der Waals surface area contributed by atoms with Gasteiger partial charge in [-0.15, -0.1) is 0 Å². The Hall–Kier alpha value is -2.22. The van der Waals surface area contributed by atoms with Gasteiger partial charge in [-0.1, -0.05) is 18.2 Å².